The first-order chi connectivity index (χ1) is 10.2. The summed E-state index contributed by atoms with van der Waals surface area (Å²) in [5.74, 6) is -0.156. The number of nitrogens with zero attached hydrogens (tertiary/aromatic N) is 3. The lowest BCUT2D eigenvalue weighted by Crippen LogP contribution is -2.25. The molecule has 2 aromatic rings. The van der Waals surface area contributed by atoms with Gasteiger partial charge in [0.05, 0.1) is 12.5 Å². The van der Waals surface area contributed by atoms with Gasteiger partial charge in [-0.1, -0.05) is 12.1 Å². The van der Waals surface area contributed by atoms with Crippen LogP contribution < -0.4 is 5.32 Å². The highest BCUT2D eigenvalue weighted by Crippen LogP contribution is 2.28. The van der Waals surface area contributed by atoms with Gasteiger partial charge in [0.2, 0.25) is 5.91 Å². The van der Waals surface area contributed by atoms with Crippen molar-refractivity contribution in [2.45, 2.75) is 33.5 Å². The van der Waals surface area contributed by atoms with Gasteiger partial charge in [0.25, 0.3) is 0 Å². The predicted molar refractivity (Wildman–Crippen MR) is 71.0 cm³/mol. The summed E-state index contributed by atoms with van der Waals surface area (Å²) < 4.78 is 43.8. The molecule has 0 spiro atoms. The zero-order chi connectivity index (χ0) is 16.5. The van der Waals surface area contributed by atoms with Crippen molar-refractivity contribution in [3.8, 4) is 0 Å². The molecule has 1 atom stereocenters. The molecule has 6 nitrogen and oxygen atoms in total. The van der Waals surface area contributed by atoms with E-state index >= 15 is 0 Å². The van der Waals surface area contributed by atoms with Crippen molar-refractivity contribution in [3.05, 3.63) is 29.3 Å². The molecule has 9 heteroatoms. The third-order valence-electron chi connectivity index (χ3n) is 3.05. The molecule has 0 bridgehead atoms. The minimum Gasteiger partial charge on any atom is -0.360 e. The highest BCUT2D eigenvalue weighted by Gasteiger charge is 2.34. The molecule has 0 unspecified atom stereocenters. The number of aryl methyl sites for hydroxylation is 2. The molecule has 0 radical (unpaired) electrons. The number of alkyl halides is 3. The van der Waals surface area contributed by atoms with Crippen molar-refractivity contribution in [1.29, 1.82) is 0 Å². The lowest BCUT2D eigenvalue weighted by molar-refractivity contribution is -0.141. The van der Waals surface area contributed by atoms with Crippen LogP contribution in [0.25, 0.3) is 0 Å². The maximum absolute atomic E-state index is 12.6. The Kier molecular flexibility index (Phi) is 4.25. The second kappa shape index (κ2) is 5.82. The third kappa shape index (κ3) is 3.66. The van der Waals surface area contributed by atoms with Gasteiger partial charge in [-0.25, -0.2) is 0 Å². The molecule has 0 fully saturated rings. The van der Waals surface area contributed by atoms with E-state index in [0.717, 1.165) is 6.07 Å². The number of carbonyl (C=O) groups is 1. The van der Waals surface area contributed by atoms with Gasteiger partial charge in [0.15, 0.2) is 11.5 Å². The zero-order valence-corrected chi connectivity index (χ0v) is 12.2. The quantitative estimate of drug-likeness (QED) is 0.941. The van der Waals surface area contributed by atoms with Gasteiger partial charge in [0.1, 0.15) is 5.76 Å². The Morgan fingerprint density at radius 3 is 2.59 bits per heavy atom. The zero-order valence-electron chi connectivity index (χ0n) is 12.2. The van der Waals surface area contributed by atoms with Gasteiger partial charge in [-0.15, -0.1) is 0 Å². The molecule has 0 aliphatic carbocycles. The van der Waals surface area contributed by atoms with E-state index in [4.69, 9.17) is 4.52 Å². The van der Waals surface area contributed by atoms with E-state index in [0.29, 0.717) is 11.5 Å². The fourth-order valence-corrected chi connectivity index (χ4v) is 1.85. The molecule has 2 heterocycles. The molecule has 1 N–H and O–H groups in total. The van der Waals surface area contributed by atoms with E-state index in [-0.39, 0.29) is 18.3 Å². The number of aromatic nitrogens is 3. The highest BCUT2D eigenvalue weighted by molar-refractivity contribution is 5.91. The van der Waals surface area contributed by atoms with Crippen LogP contribution in [0.5, 0.6) is 0 Å². The summed E-state index contributed by atoms with van der Waals surface area (Å²) in [6, 6.07) is 2.50. The van der Waals surface area contributed by atoms with E-state index in [1.54, 1.807) is 19.9 Å². The van der Waals surface area contributed by atoms with Crippen LogP contribution in [-0.2, 0) is 17.5 Å². The molecule has 120 valence electrons. The molecule has 2 rings (SSSR count). The fourth-order valence-electron chi connectivity index (χ4n) is 1.85. The Hall–Kier alpha value is -2.32. The van der Waals surface area contributed by atoms with Crippen LogP contribution in [0, 0.1) is 19.8 Å². The Labute approximate surface area is 124 Å². The van der Waals surface area contributed by atoms with Crippen LogP contribution in [0.4, 0.5) is 19.0 Å². The number of hydrogen-bond acceptors (Lipinski definition) is 4. The maximum atomic E-state index is 12.6. The van der Waals surface area contributed by atoms with Gasteiger partial charge >= 0.3 is 6.18 Å². The minimum absolute atomic E-state index is 0.0323. The fraction of sp³-hybridized carbons (Fsp3) is 0.462. The second-order valence-corrected chi connectivity index (χ2v) is 5.06. The van der Waals surface area contributed by atoms with Gasteiger partial charge in [-0.2, -0.15) is 18.3 Å². The van der Waals surface area contributed by atoms with Gasteiger partial charge < -0.3 is 9.84 Å². The minimum atomic E-state index is -4.50. The first-order valence-corrected chi connectivity index (χ1v) is 6.52. The molecule has 0 aliphatic rings. The first-order valence-electron chi connectivity index (χ1n) is 6.52. The highest BCUT2D eigenvalue weighted by atomic mass is 19.4. The summed E-state index contributed by atoms with van der Waals surface area (Å²) in [6.07, 6.45) is -4.50. The monoisotopic (exact) mass is 316 g/mol. The standard InChI is InChI=1S/C13H15F3N4O2/c1-7(12(21)17-11-5-9(3)22-19-11)6-20-8(2)4-10(18-20)13(14,15)16/h4-5,7H,6H2,1-3H3,(H,17,19,21)/t7-/m1/s1. The molecular weight excluding hydrogens is 301 g/mol. The van der Waals surface area contributed by atoms with Crippen molar-refractivity contribution in [2.75, 3.05) is 5.32 Å². The van der Waals surface area contributed by atoms with E-state index in [1.165, 1.54) is 11.6 Å². The predicted octanol–water partition coefficient (Wildman–Crippen LogP) is 2.78. The number of nitrogens with one attached hydrogen (secondary N) is 1. The van der Waals surface area contributed by atoms with E-state index in [2.05, 4.69) is 15.6 Å². The van der Waals surface area contributed by atoms with Gasteiger partial charge in [-0.3, -0.25) is 9.48 Å². The van der Waals surface area contributed by atoms with Crippen molar-refractivity contribution < 1.29 is 22.5 Å². The normalized spacial score (nSPS) is 13.2. The summed E-state index contributed by atoms with van der Waals surface area (Å²) >= 11 is 0. The first kappa shape index (κ1) is 16.1. The van der Waals surface area contributed by atoms with Gasteiger partial charge in [-0.05, 0) is 19.9 Å². The molecule has 0 saturated heterocycles. The molecule has 0 aliphatic heterocycles. The summed E-state index contributed by atoms with van der Waals surface area (Å²) in [4.78, 5) is 12.0. The van der Waals surface area contributed by atoms with Gasteiger partial charge in [0, 0.05) is 11.8 Å². The largest absolute Gasteiger partial charge is 0.435 e. The number of anilines is 1. The van der Waals surface area contributed by atoms with Crippen LogP contribution in [-0.4, -0.2) is 20.8 Å². The van der Waals surface area contributed by atoms with E-state index in [1.807, 2.05) is 0 Å². The Morgan fingerprint density at radius 1 is 1.41 bits per heavy atom. The smallest absolute Gasteiger partial charge is 0.360 e. The molecular formula is C13H15F3N4O2. The maximum Gasteiger partial charge on any atom is 0.435 e. The number of hydrogen-bond donors (Lipinski definition) is 1. The van der Waals surface area contributed by atoms with Crippen LogP contribution in [0.15, 0.2) is 16.7 Å². The van der Waals surface area contributed by atoms with Crippen LogP contribution in [0.3, 0.4) is 0 Å². The molecule has 0 saturated carbocycles. The number of halogens is 3. The van der Waals surface area contributed by atoms with Crippen LogP contribution >= 0.6 is 0 Å². The molecule has 0 aromatic carbocycles. The summed E-state index contributed by atoms with van der Waals surface area (Å²) in [5, 5.41) is 9.65. The average Bonchev–Trinajstić information content (AvgIpc) is 2.96. The average molecular weight is 316 g/mol. The Morgan fingerprint density at radius 2 is 2.09 bits per heavy atom. The van der Waals surface area contributed by atoms with Crippen molar-refractivity contribution in [2.24, 2.45) is 5.92 Å². The second-order valence-electron chi connectivity index (χ2n) is 5.06. The van der Waals surface area contributed by atoms with Crippen molar-refractivity contribution >= 4 is 11.7 Å². The SMILES string of the molecule is Cc1cc(NC(=O)[C@H](C)Cn2nc(C(F)(F)F)cc2C)no1. The van der Waals surface area contributed by atoms with E-state index in [9.17, 15) is 18.0 Å². The number of rotatable bonds is 4. The molecule has 1 amide bonds. The van der Waals surface area contributed by atoms with Crippen LogP contribution in [0.1, 0.15) is 24.1 Å². The summed E-state index contributed by atoms with van der Waals surface area (Å²) in [6.45, 7) is 4.81. The Bertz CT molecular complexity index is 675. The number of amides is 1. The Balaban J connectivity index is 2.03. The lowest BCUT2D eigenvalue weighted by Gasteiger charge is -2.12. The summed E-state index contributed by atoms with van der Waals surface area (Å²) in [5.41, 5.74) is -0.631. The summed E-state index contributed by atoms with van der Waals surface area (Å²) in [7, 11) is 0. The van der Waals surface area contributed by atoms with Crippen molar-refractivity contribution in [3.63, 3.8) is 0 Å². The third-order valence-corrected chi connectivity index (χ3v) is 3.05. The number of carbonyl (C=O) groups excluding carboxylic acids is 1. The molecule has 2 aromatic heterocycles. The lowest BCUT2D eigenvalue weighted by atomic mass is 10.1. The molecule has 22 heavy (non-hydrogen) atoms. The topological polar surface area (TPSA) is 73.0 Å². The van der Waals surface area contributed by atoms with Crippen LogP contribution in [0.2, 0.25) is 0 Å². The van der Waals surface area contributed by atoms with Crippen molar-refractivity contribution in [1.82, 2.24) is 14.9 Å². The van der Waals surface area contributed by atoms with E-state index < -0.39 is 17.8 Å².